The number of para-hydroxylation sites is 2. The van der Waals surface area contributed by atoms with Gasteiger partial charge < -0.3 is 0 Å². The van der Waals surface area contributed by atoms with Crippen molar-refractivity contribution in [2.45, 2.75) is 11.8 Å². The number of nitrogens with zero attached hydrogens (tertiary/aromatic N) is 4. The van der Waals surface area contributed by atoms with Gasteiger partial charge in [-0.15, -0.1) is 11.8 Å². The Hall–Kier alpha value is -2.71. The van der Waals surface area contributed by atoms with Crippen molar-refractivity contribution in [3.05, 3.63) is 58.6 Å². The third kappa shape index (κ3) is 3.45. The molecule has 1 atom stereocenters. The molecule has 2 heterocycles. The number of fused-ring (bicyclic) bond motifs is 1. The molecule has 1 unspecified atom stereocenters. The van der Waals surface area contributed by atoms with E-state index in [2.05, 4.69) is 4.99 Å². The Morgan fingerprint density at radius 3 is 2.44 bits per heavy atom. The highest BCUT2D eigenvalue weighted by molar-refractivity contribution is 8.02. The van der Waals surface area contributed by atoms with E-state index in [-0.39, 0.29) is 17.0 Å². The maximum Gasteiger partial charge on any atom is 0.269 e. The van der Waals surface area contributed by atoms with Crippen LogP contribution >= 0.6 is 23.4 Å². The first kappa shape index (κ1) is 17.7. The van der Waals surface area contributed by atoms with Gasteiger partial charge in [0, 0.05) is 24.2 Å². The number of anilines is 1. The van der Waals surface area contributed by atoms with Crippen molar-refractivity contribution in [3.8, 4) is 0 Å². The fraction of sp³-hybridized carbons (Fsp3) is 0.167. The van der Waals surface area contributed by atoms with E-state index < -0.39 is 4.92 Å². The summed E-state index contributed by atoms with van der Waals surface area (Å²) >= 11 is 7.74. The number of benzene rings is 2. The summed E-state index contributed by atoms with van der Waals surface area (Å²) in [6.07, 6.45) is 0.338. The first-order chi connectivity index (χ1) is 13.0. The smallest absolute Gasteiger partial charge is 0.269 e. The van der Waals surface area contributed by atoms with Crippen LogP contribution in [-0.4, -0.2) is 32.8 Å². The molecule has 1 fully saturated rings. The fourth-order valence-electron chi connectivity index (χ4n) is 2.99. The van der Waals surface area contributed by atoms with Crippen molar-refractivity contribution in [2.24, 2.45) is 9.98 Å². The van der Waals surface area contributed by atoms with E-state index in [4.69, 9.17) is 16.6 Å². The predicted molar refractivity (Wildman–Crippen MR) is 108 cm³/mol. The molecule has 0 radical (unpaired) electrons. The zero-order valence-corrected chi connectivity index (χ0v) is 15.5. The van der Waals surface area contributed by atoms with Crippen molar-refractivity contribution in [3.63, 3.8) is 0 Å². The van der Waals surface area contributed by atoms with E-state index in [0.717, 1.165) is 5.71 Å². The quantitative estimate of drug-likeness (QED) is 0.562. The molecule has 2 aliphatic heterocycles. The molecule has 1 amide bonds. The molecule has 136 valence electrons. The zero-order valence-electron chi connectivity index (χ0n) is 13.9. The number of rotatable bonds is 3. The van der Waals surface area contributed by atoms with Gasteiger partial charge >= 0.3 is 0 Å². The minimum Gasteiger partial charge on any atom is -0.294 e. The minimum atomic E-state index is -0.468. The molecule has 27 heavy (non-hydrogen) atoms. The van der Waals surface area contributed by atoms with Gasteiger partial charge in [-0.2, -0.15) is 0 Å². The summed E-state index contributed by atoms with van der Waals surface area (Å²) in [6, 6.07) is 13.4. The molecule has 0 bridgehead atoms. The standard InChI is InChI=1S/C18H13ClN4O3S/c19-16-9-15(20-13-3-1-2-4-14(13)21-16)18-22(17(24)10-27-18)11-5-7-12(8-6-11)23(25)26/h1-8,18H,9-10H2. The molecular formula is C18H13ClN4O3S. The summed E-state index contributed by atoms with van der Waals surface area (Å²) in [6.45, 7) is 0. The number of hydrogen-bond donors (Lipinski definition) is 0. The van der Waals surface area contributed by atoms with Crippen molar-refractivity contribution in [1.29, 1.82) is 0 Å². The molecule has 2 aliphatic rings. The van der Waals surface area contributed by atoms with Crippen LogP contribution in [0.15, 0.2) is 58.5 Å². The molecule has 0 saturated carbocycles. The van der Waals surface area contributed by atoms with Crippen LogP contribution in [0, 0.1) is 10.1 Å². The van der Waals surface area contributed by atoms with Gasteiger partial charge in [-0.05, 0) is 24.3 Å². The van der Waals surface area contributed by atoms with Crippen LogP contribution < -0.4 is 4.90 Å². The van der Waals surface area contributed by atoms with Gasteiger partial charge in [0.05, 0.1) is 27.8 Å². The Kier molecular flexibility index (Phi) is 4.67. The lowest BCUT2D eigenvalue weighted by Gasteiger charge is -2.25. The second-order valence-corrected chi connectivity index (χ2v) is 7.46. The van der Waals surface area contributed by atoms with E-state index in [1.54, 1.807) is 17.0 Å². The Morgan fingerprint density at radius 1 is 1.11 bits per heavy atom. The van der Waals surface area contributed by atoms with Crippen molar-refractivity contribution >= 4 is 62.9 Å². The lowest BCUT2D eigenvalue weighted by atomic mass is 10.2. The average Bonchev–Trinajstić information content (AvgIpc) is 2.95. The van der Waals surface area contributed by atoms with Gasteiger partial charge in [0.1, 0.15) is 10.5 Å². The highest BCUT2D eigenvalue weighted by Gasteiger charge is 2.37. The molecular weight excluding hydrogens is 388 g/mol. The third-order valence-electron chi connectivity index (χ3n) is 4.21. The first-order valence-corrected chi connectivity index (χ1v) is 9.53. The van der Waals surface area contributed by atoms with Gasteiger partial charge in [0.25, 0.3) is 5.69 Å². The summed E-state index contributed by atoms with van der Waals surface area (Å²) in [5.74, 6) is 0.226. The number of amides is 1. The Morgan fingerprint density at radius 2 is 1.78 bits per heavy atom. The molecule has 0 N–H and O–H groups in total. The van der Waals surface area contributed by atoms with Gasteiger partial charge in [0.2, 0.25) is 5.91 Å². The van der Waals surface area contributed by atoms with Gasteiger partial charge in [-0.1, -0.05) is 23.7 Å². The van der Waals surface area contributed by atoms with E-state index in [9.17, 15) is 14.9 Å². The Labute approximate surface area is 163 Å². The number of halogens is 1. The lowest BCUT2D eigenvalue weighted by Crippen LogP contribution is -2.38. The van der Waals surface area contributed by atoms with E-state index in [0.29, 0.717) is 34.4 Å². The van der Waals surface area contributed by atoms with Gasteiger partial charge in [-0.3, -0.25) is 24.8 Å². The van der Waals surface area contributed by atoms with Crippen LogP contribution in [0.25, 0.3) is 0 Å². The summed E-state index contributed by atoms with van der Waals surface area (Å²) < 4.78 is 0. The SMILES string of the molecule is O=C1CSC(C2=Nc3ccccc3N=C(Cl)C2)N1c1ccc([N+](=O)[O-])cc1. The molecule has 9 heteroatoms. The summed E-state index contributed by atoms with van der Waals surface area (Å²) in [5, 5.41) is 10.9. The second-order valence-electron chi connectivity index (χ2n) is 5.96. The summed E-state index contributed by atoms with van der Waals surface area (Å²) in [7, 11) is 0. The number of carbonyl (C=O) groups is 1. The summed E-state index contributed by atoms with van der Waals surface area (Å²) in [4.78, 5) is 33.6. The van der Waals surface area contributed by atoms with E-state index in [1.807, 2.05) is 24.3 Å². The van der Waals surface area contributed by atoms with Crippen LogP contribution in [0.3, 0.4) is 0 Å². The Balaban J connectivity index is 1.72. The predicted octanol–water partition coefficient (Wildman–Crippen LogP) is 4.45. The monoisotopic (exact) mass is 400 g/mol. The Bertz CT molecular complexity index is 990. The van der Waals surface area contributed by atoms with Crippen molar-refractivity contribution in [1.82, 2.24) is 0 Å². The number of aliphatic imine (C=N–C) groups is 2. The van der Waals surface area contributed by atoms with Crippen LogP contribution in [0.4, 0.5) is 22.7 Å². The van der Waals surface area contributed by atoms with E-state index in [1.165, 1.54) is 23.9 Å². The normalized spacial score (nSPS) is 19.2. The number of nitro benzene ring substituents is 1. The van der Waals surface area contributed by atoms with Crippen LogP contribution in [0.5, 0.6) is 0 Å². The molecule has 4 rings (SSSR count). The van der Waals surface area contributed by atoms with Crippen molar-refractivity contribution < 1.29 is 9.72 Å². The molecule has 0 spiro atoms. The van der Waals surface area contributed by atoms with Crippen molar-refractivity contribution in [2.75, 3.05) is 10.7 Å². The summed E-state index contributed by atoms with van der Waals surface area (Å²) in [5.41, 5.74) is 2.68. The topological polar surface area (TPSA) is 88.2 Å². The number of carbonyl (C=O) groups excluding carboxylic acids is 1. The number of non-ortho nitro benzene ring substituents is 1. The second kappa shape index (κ2) is 7.13. The third-order valence-corrected chi connectivity index (χ3v) is 5.64. The number of thioether (sulfide) groups is 1. The number of nitro groups is 1. The molecule has 0 aromatic heterocycles. The zero-order chi connectivity index (χ0) is 19.0. The fourth-order valence-corrected chi connectivity index (χ4v) is 4.38. The molecule has 2 aromatic carbocycles. The number of hydrogen-bond acceptors (Lipinski definition) is 6. The molecule has 2 aromatic rings. The molecule has 7 nitrogen and oxygen atoms in total. The van der Waals surface area contributed by atoms with Crippen LogP contribution in [0.2, 0.25) is 0 Å². The van der Waals surface area contributed by atoms with Crippen LogP contribution in [0.1, 0.15) is 6.42 Å². The minimum absolute atomic E-state index is 0.0227. The highest BCUT2D eigenvalue weighted by Crippen LogP contribution is 2.37. The molecule has 1 saturated heterocycles. The lowest BCUT2D eigenvalue weighted by molar-refractivity contribution is -0.384. The largest absolute Gasteiger partial charge is 0.294 e. The average molecular weight is 401 g/mol. The highest BCUT2D eigenvalue weighted by atomic mass is 35.5. The van der Waals surface area contributed by atoms with Gasteiger partial charge in [0.15, 0.2) is 0 Å². The maximum atomic E-state index is 12.5. The van der Waals surface area contributed by atoms with E-state index >= 15 is 0 Å². The van der Waals surface area contributed by atoms with Gasteiger partial charge in [-0.25, -0.2) is 4.99 Å². The molecule has 0 aliphatic carbocycles. The maximum absolute atomic E-state index is 12.5. The van der Waals surface area contributed by atoms with Crippen LogP contribution in [-0.2, 0) is 4.79 Å². The first-order valence-electron chi connectivity index (χ1n) is 8.10.